The molecule has 0 spiro atoms. The van der Waals surface area contributed by atoms with Gasteiger partial charge in [0.25, 0.3) is 0 Å². The minimum atomic E-state index is -1.02. The third kappa shape index (κ3) is 23.7. The van der Waals surface area contributed by atoms with Gasteiger partial charge in [-0.1, -0.05) is 38.5 Å². The molecule has 0 aromatic rings. The highest BCUT2D eigenvalue weighted by atomic mass is 16.8. The third-order valence-electron chi connectivity index (χ3n) is 2.95. The fourth-order valence-electron chi connectivity index (χ4n) is 1.74. The summed E-state index contributed by atoms with van der Waals surface area (Å²) in [4.78, 5) is 22.3. The van der Waals surface area contributed by atoms with Crippen LogP contribution in [0, 0.1) is 23.7 Å². The van der Waals surface area contributed by atoms with Gasteiger partial charge in [-0.3, -0.25) is 0 Å². The molecule has 2 atom stereocenters. The maximum atomic E-state index is 11.1. The lowest BCUT2D eigenvalue weighted by Gasteiger charge is -2.13. The molecule has 0 radical (unpaired) electrons. The molecular weight excluding hydrogens is 376 g/mol. The molecule has 7 heteroatoms. The zero-order valence-electron chi connectivity index (χ0n) is 18.9. The summed E-state index contributed by atoms with van der Waals surface area (Å²) in [6.45, 7) is 13.7. The topological polar surface area (TPSA) is 102 Å². The molecule has 0 aromatic heterocycles. The summed E-state index contributed by atoms with van der Waals surface area (Å²) in [6.07, 6.45) is 0.743. The van der Waals surface area contributed by atoms with Crippen LogP contribution in [0.5, 0.6) is 0 Å². The quantitative estimate of drug-likeness (QED) is 0.383. The molecule has 0 saturated heterocycles. The molecule has 0 amide bonds. The predicted octanol–water partition coefficient (Wildman–Crippen LogP) is 4.19. The van der Waals surface area contributed by atoms with E-state index in [2.05, 4.69) is 28.4 Å². The Hall–Kier alpha value is -2.22. The van der Waals surface area contributed by atoms with E-state index in [4.69, 9.17) is 19.7 Å². The second kappa shape index (κ2) is 14.7. The second-order valence-corrected chi connectivity index (χ2v) is 7.65. The van der Waals surface area contributed by atoms with Crippen LogP contribution in [0.3, 0.4) is 0 Å². The number of rotatable bonds is 6. The lowest BCUT2D eigenvalue weighted by atomic mass is 10.1. The molecule has 7 nitrogen and oxygen atoms in total. The molecule has 0 aliphatic carbocycles. The van der Waals surface area contributed by atoms with Gasteiger partial charge in [-0.25, -0.2) is 9.59 Å². The molecule has 2 unspecified atom stereocenters. The molecule has 29 heavy (non-hydrogen) atoms. The minimum Gasteiger partial charge on any atom is -0.431 e. The fourth-order valence-corrected chi connectivity index (χ4v) is 1.74. The van der Waals surface area contributed by atoms with E-state index in [-0.39, 0.29) is 12.2 Å². The van der Waals surface area contributed by atoms with Crippen molar-refractivity contribution in [3.8, 4) is 23.7 Å². The predicted molar refractivity (Wildman–Crippen MR) is 111 cm³/mol. The van der Waals surface area contributed by atoms with Crippen molar-refractivity contribution in [3.05, 3.63) is 0 Å². The highest BCUT2D eigenvalue weighted by Crippen LogP contribution is 2.06. The fraction of sp³-hybridized carbons (Fsp3) is 0.727. The molecule has 0 heterocycles. The first kappa shape index (κ1) is 29.0. The number of ether oxygens (including phenoxy) is 3. The first-order valence-electron chi connectivity index (χ1n) is 9.78. The van der Waals surface area contributed by atoms with Gasteiger partial charge in [0.15, 0.2) is 0 Å². The van der Waals surface area contributed by atoms with E-state index in [1.807, 2.05) is 13.8 Å². The van der Waals surface area contributed by atoms with Gasteiger partial charge >= 0.3 is 12.3 Å². The van der Waals surface area contributed by atoms with Gasteiger partial charge in [0.1, 0.15) is 23.4 Å². The van der Waals surface area contributed by atoms with Gasteiger partial charge in [0.2, 0.25) is 0 Å². The average Bonchev–Trinajstić information content (AvgIpc) is 2.50. The maximum absolute atomic E-state index is 11.1. The number of carbonyl (C=O) groups excluding carboxylic acids is 2. The normalized spacial score (nSPS) is 12.5. The minimum absolute atomic E-state index is 0.256. The SMILES string of the molecule is CC(C)(O)C#CC#CC(C)(C)O.CCCC(C)OC(=O)OC(=O)OC(C)CCC. The standard InChI is InChI=1S/C12H22O5.C10H14O2/c1-5-7-9(3)15-11(13)17-12(14)16-10(4)8-6-2;1-9(2,11)7-5-6-8-10(3,4)12/h9-10H,5-8H2,1-4H3;11-12H,1-4H3. The lowest BCUT2D eigenvalue weighted by Crippen LogP contribution is -2.22. The van der Waals surface area contributed by atoms with Crippen molar-refractivity contribution in [3.63, 3.8) is 0 Å². The summed E-state index contributed by atoms with van der Waals surface area (Å²) in [5, 5.41) is 18.3. The van der Waals surface area contributed by atoms with Crippen LogP contribution in [-0.2, 0) is 14.2 Å². The van der Waals surface area contributed by atoms with Crippen molar-refractivity contribution < 1.29 is 34.0 Å². The molecule has 0 aromatic carbocycles. The Balaban J connectivity index is 0. The van der Waals surface area contributed by atoms with Crippen molar-refractivity contribution in [1.29, 1.82) is 0 Å². The number of hydrogen-bond acceptors (Lipinski definition) is 7. The van der Waals surface area contributed by atoms with Crippen LogP contribution in [0.25, 0.3) is 0 Å². The van der Waals surface area contributed by atoms with Crippen LogP contribution in [0.1, 0.15) is 81.1 Å². The van der Waals surface area contributed by atoms with Crippen molar-refractivity contribution in [2.24, 2.45) is 0 Å². The number of carbonyl (C=O) groups is 2. The zero-order valence-corrected chi connectivity index (χ0v) is 18.9. The molecular formula is C22H36O7. The lowest BCUT2D eigenvalue weighted by molar-refractivity contribution is 0.00529. The number of aliphatic hydroxyl groups is 2. The first-order chi connectivity index (χ1) is 13.2. The molecule has 0 saturated carbocycles. The molecule has 0 rings (SSSR count). The van der Waals surface area contributed by atoms with E-state index in [1.165, 1.54) is 0 Å². The van der Waals surface area contributed by atoms with Crippen molar-refractivity contribution in [2.75, 3.05) is 0 Å². The van der Waals surface area contributed by atoms with Gasteiger partial charge in [-0.05, 0) is 66.2 Å². The molecule has 2 N–H and O–H groups in total. The Bertz CT molecular complexity index is 550. The summed E-state index contributed by atoms with van der Waals surface area (Å²) in [7, 11) is 0. The maximum Gasteiger partial charge on any atom is 0.518 e. The molecule has 0 bridgehead atoms. The Morgan fingerprint density at radius 1 is 0.793 bits per heavy atom. The molecule has 0 aliphatic rings. The second-order valence-electron chi connectivity index (χ2n) is 7.65. The van der Waals surface area contributed by atoms with Crippen LogP contribution >= 0.6 is 0 Å². The van der Waals surface area contributed by atoms with E-state index < -0.39 is 23.5 Å². The van der Waals surface area contributed by atoms with Crippen LogP contribution in [-0.4, -0.2) is 45.9 Å². The molecule has 166 valence electrons. The summed E-state index contributed by atoms with van der Waals surface area (Å²) in [5.41, 5.74) is -2.04. The monoisotopic (exact) mass is 412 g/mol. The third-order valence-corrected chi connectivity index (χ3v) is 2.95. The Labute approximate surface area is 175 Å². The van der Waals surface area contributed by atoms with E-state index in [0.717, 1.165) is 25.7 Å². The summed E-state index contributed by atoms with van der Waals surface area (Å²) >= 11 is 0. The van der Waals surface area contributed by atoms with E-state index in [1.54, 1.807) is 41.5 Å². The first-order valence-corrected chi connectivity index (χ1v) is 9.78. The largest absolute Gasteiger partial charge is 0.518 e. The average molecular weight is 413 g/mol. The van der Waals surface area contributed by atoms with E-state index in [9.17, 15) is 9.59 Å². The van der Waals surface area contributed by atoms with Crippen LogP contribution in [0.15, 0.2) is 0 Å². The Morgan fingerprint density at radius 2 is 1.10 bits per heavy atom. The molecule has 0 aliphatic heterocycles. The van der Waals surface area contributed by atoms with Crippen molar-refractivity contribution in [1.82, 2.24) is 0 Å². The Kier molecular flexibility index (Phi) is 14.7. The van der Waals surface area contributed by atoms with Crippen LogP contribution in [0.4, 0.5) is 9.59 Å². The van der Waals surface area contributed by atoms with Crippen LogP contribution in [0.2, 0.25) is 0 Å². The van der Waals surface area contributed by atoms with Gasteiger partial charge in [-0.15, -0.1) is 0 Å². The van der Waals surface area contributed by atoms with Crippen molar-refractivity contribution in [2.45, 2.75) is 104 Å². The Morgan fingerprint density at radius 3 is 1.34 bits per heavy atom. The smallest absolute Gasteiger partial charge is 0.431 e. The van der Waals surface area contributed by atoms with Gasteiger partial charge < -0.3 is 24.4 Å². The van der Waals surface area contributed by atoms with E-state index in [0.29, 0.717) is 0 Å². The summed E-state index contributed by atoms with van der Waals surface area (Å²) in [6, 6.07) is 0. The highest BCUT2D eigenvalue weighted by molar-refractivity contribution is 5.77. The summed E-state index contributed by atoms with van der Waals surface area (Å²) < 4.78 is 14.0. The van der Waals surface area contributed by atoms with Gasteiger partial charge in [0.05, 0.1) is 0 Å². The summed E-state index contributed by atoms with van der Waals surface area (Å²) in [5.74, 6) is 9.95. The van der Waals surface area contributed by atoms with Gasteiger partial charge in [-0.2, -0.15) is 0 Å². The van der Waals surface area contributed by atoms with Crippen LogP contribution < -0.4 is 0 Å². The highest BCUT2D eigenvalue weighted by Gasteiger charge is 2.18. The van der Waals surface area contributed by atoms with Gasteiger partial charge in [0, 0.05) is 0 Å². The van der Waals surface area contributed by atoms with E-state index >= 15 is 0 Å². The molecule has 0 fully saturated rings. The number of hydrogen-bond donors (Lipinski definition) is 2. The van der Waals surface area contributed by atoms with Crippen molar-refractivity contribution >= 4 is 12.3 Å². The zero-order chi connectivity index (χ0) is 23.1.